The van der Waals surface area contributed by atoms with Crippen molar-refractivity contribution in [2.75, 3.05) is 58.4 Å². The molecule has 8 nitrogen and oxygen atoms in total. The number of morpholine rings is 1. The van der Waals surface area contributed by atoms with Crippen LogP contribution in [0.25, 0.3) is 0 Å². The van der Waals surface area contributed by atoms with Crippen LogP contribution in [0.4, 0.5) is 10.5 Å². The molecule has 1 aromatic carbocycles. The van der Waals surface area contributed by atoms with E-state index in [2.05, 4.69) is 5.32 Å². The van der Waals surface area contributed by atoms with Gasteiger partial charge in [0.25, 0.3) is 0 Å². The highest BCUT2D eigenvalue weighted by Crippen LogP contribution is 2.29. The number of piperidine rings is 1. The van der Waals surface area contributed by atoms with Crippen molar-refractivity contribution in [1.29, 1.82) is 0 Å². The van der Waals surface area contributed by atoms with Crippen LogP contribution in [0.1, 0.15) is 19.3 Å². The third kappa shape index (κ3) is 6.33. The first-order valence-corrected chi connectivity index (χ1v) is 10.4. The normalized spacial score (nSPS) is 22.9. The number of benzene rings is 1. The van der Waals surface area contributed by atoms with Crippen molar-refractivity contribution in [1.82, 2.24) is 4.90 Å². The van der Waals surface area contributed by atoms with Crippen molar-refractivity contribution in [2.24, 2.45) is 11.8 Å². The second-order valence-electron chi connectivity index (χ2n) is 7.89. The molecular weight excluding hydrogens is 374 g/mol. The Morgan fingerprint density at radius 3 is 2.62 bits per heavy atom. The number of methoxy groups -OCH3 is 1. The highest BCUT2D eigenvalue weighted by Gasteiger charge is 2.32. The van der Waals surface area contributed by atoms with Gasteiger partial charge < -0.3 is 34.5 Å². The van der Waals surface area contributed by atoms with Gasteiger partial charge in [-0.25, -0.2) is 4.79 Å². The van der Waals surface area contributed by atoms with Crippen LogP contribution >= 0.6 is 0 Å². The van der Waals surface area contributed by atoms with Gasteiger partial charge in [0, 0.05) is 31.2 Å². The fourth-order valence-corrected chi connectivity index (χ4v) is 4.25. The lowest BCUT2D eigenvalue weighted by atomic mass is 9.81. The monoisotopic (exact) mass is 405 g/mol. The van der Waals surface area contributed by atoms with Crippen LogP contribution in [0.15, 0.2) is 24.3 Å². The topological polar surface area (TPSA) is 95.4 Å². The molecule has 160 valence electrons. The fraction of sp³-hybridized carbons (Fsp3) is 0.619. The number of carbonyl (C=O) groups excluding carboxylic acids is 2. The van der Waals surface area contributed by atoms with Crippen LogP contribution in [-0.4, -0.2) is 69.9 Å². The molecule has 2 aliphatic rings. The van der Waals surface area contributed by atoms with E-state index in [0.29, 0.717) is 25.2 Å². The Labute approximate surface area is 171 Å². The van der Waals surface area contributed by atoms with E-state index in [1.54, 1.807) is 36.3 Å². The number of carboxylic acids is 1. The molecule has 2 aliphatic heterocycles. The third-order valence-electron chi connectivity index (χ3n) is 6.02. The minimum absolute atomic E-state index is 0.0606. The number of nitrogens with one attached hydrogen (secondary N) is 2. The lowest BCUT2D eigenvalue weighted by Crippen LogP contribution is -3.14. The van der Waals surface area contributed by atoms with E-state index in [0.717, 1.165) is 45.0 Å². The Balaban J connectivity index is 1.57. The van der Waals surface area contributed by atoms with Crippen molar-refractivity contribution in [3.63, 3.8) is 0 Å². The number of hydrogen-bond donors (Lipinski definition) is 2. The molecule has 2 N–H and O–H groups in total. The van der Waals surface area contributed by atoms with Gasteiger partial charge in [-0.15, -0.1) is 0 Å². The number of likely N-dealkylation sites (tertiary alicyclic amines) is 1. The van der Waals surface area contributed by atoms with Crippen LogP contribution in [0.3, 0.4) is 0 Å². The van der Waals surface area contributed by atoms with E-state index in [1.165, 1.54) is 4.90 Å². The zero-order chi connectivity index (χ0) is 20.6. The maximum atomic E-state index is 12.7. The van der Waals surface area contributed by atoms with E-state index in [4.69, 9.17) is 9.47 Å². The number of carboxylic acid groups (broad SMARTS) is 1. The van der Waals surface area contributed by atoms with Gasteiger partial charge in [-0.05, 0) is 48.9 Å². The highest BCUT2D eigenvalue weighted by atomic mass is 16.5. The van der Waals surface area contributed by atoms with E-state index >= 15 is 0 Å². The second kappa shape index (κ2) is 10.5. The first-order chi connectivity index (χ1) is 14.0. The summed E-state index contributed by atoms with van der Waals surface area (Å²) in [7, 11) is 1.60. The molecule has 2 fully saturated rings. The van der Waals surface area contributed by atoms with Gasteiger partial charge in [-0.3, -0.25) is 0 Å². The summed E-state index contributed by atoms with van der Waals surface area (Å²) in [5.74, 6) is -0.0456. The quantitative estimate of drug-likeness (QED) is 0.644. The molecule has 0 aliphatic carbocycles. The Morgan fingerprint density at radius 2 is 1.97 bits per heavy atom. The lowest BCUT2D eigenvalue weighted by Gasteiger charge is -2.39. The Hall–Kier alpha value is -2.32. The summed E-state index contributed by atoms with van der Waals surface area (Å²) in [5.41, 5.74) is 0.710. The highest BCUT2D eigenvalue weighted by molar-refractivity contribution is 5.89. The van der Waals surface area contributed by atoms with Crippen molar-refractivity contribution >= 4 is 17.7 Å². The molecule has 3 rings (SSSR count). The number of nitrogens with zero attached hydrogens (tertiary/aromatic N) is 1. The molecule has 0 radical (unpaired) electrons. The molecule has 0 unspecified atom stereocenters. The number of amides is 2. The number of carbonyl (C=O) groups is 2. The summed E-state index contributed by atoms with van der Waals surface area (Å²) in [6, 6.07) is 7.06. The van der Waals surface area contributed by atoms with Gasteiger partial charge >= 0.3 is 6.03 Å². The van der Waals surface area contributed by atoms with Crippen molar-refractivity contribution in [3.05, 3.63) is 24.3 Å². The summed E-state index contributed by atoms with van der Waals surface area (Å²) < 4.78 is 10.5. The minimum Gasteiger partial charge on any atom is -0.550 e. The van der Waals surface area contributed by atoms with E-state index in [1.807, 2.05) is 0 Å². The van der Waals surface area contributed by atoms with Crippen molar-refractivity contribution < 1.29 is 29.1 Å². The summed E-state index contributed by atoms with van der Waals surface area (Å²) in [6.45, 7) is 5.63. The van der Waals surface area contributed by atoms with Gasteiger partial charge in [0.2, 0.25) is 0 Å². The van der Waals surface area contributed by atoms with Crippen LogP contribution in [0.5, 0.6) is 5.75 Å². The van der Waals surface area contributed by atoms with Gasteiger partial charge in [-0.2, -0.15) is 0 Å². The van der Waals surface area contributed by atoms with Crippen LogP contribution in [0, 0.1) is 11.8 Å². The molecule has 0 bridgehead atoms. The maximum Gasteiger partial charge on any atom is 0.321 e. The number of rotatable bonds is 7. The van der Waals surface area contributed by atoms with E-state index < -0.39 is 5.97 Å². The Morgan fingerprint density at radius 1 is 1.24 bits per heavy atom. The summed E-state index contributed by atoms with van der Waals surface area (Å²) >= 11 is 0. The van der Waals surface area contributed by atoms with Crippen molar-refractivity contribution in [2.45, 2.75) is 19.3 Å². The molecule has 0 aromatic heterocycles. The zero-order valence-corrected chi connectivity index (χ0v) is 17.0. The average molecular weight is 405 g/mol. The maximum absolute atomic E-state index is 12.7. The number of hydrogen-bond acceptors (Lipinski definition) is 5. The molecule has 2 saturated heterocycles. The first-order valence-electron chi connectivity index (χ1n) is 10.4. The smallest absolute Gasteiger partial charge is 0.321 e. The molecule has 29 heavy (non-hydrogen) atoms. The molecule has 2 amide bonds. The van der Waals surface area contributed by atoms with Gasteiger partial charge in [0.05, 0.1) is 26.9 Å². The number of quaternary nitrogens is 1. The molecule has 2 atom stereocenters. The molecule has 0 saturated carbocycles. The summed E-state index contributed by atoms with van der Waals surface area (Å²) in [4.78, 5) is 27.2. The number of anilines is 1. The van der Waals surface area contributed by atoms with Crippen LogP contribution < -0.4 is 20.1 Å². The first kappa shape index (κ1) is 21.4. The zero-order valence-electron chi connectivity index (χ0n) is 17.0. The van der Waals surface area contributed by atoms with Crippen molar-refractivity contribution in [3.8, 4) is 5.75 Å². The predicted octanol–water partition coefficient (Wildman–Crippen LogP) is -0.390. The molecular formula is C21H31N3O5. The average Bonchev–Trinajstić information content (AvgIpc) is 2.74. The SMILES string of the molecule is COc1ccc(NC(=O)N2CC[C@@H](CC(=O)[O-])[C@@H](CC[NH+]3CCOCC3)C2)cc1. The minimum atomic E-state index is -1.00. The number of aliphatic carboxylic acids is 1. The predicted molar refractivity (Wildman–Crippen MR) is 106 cm³/mol. The van der Waals surface area contributed by atoms with Gasteiger partial charge in [-0.1, -0.05) is 0 Å². The molecule has 2 heterocycles. The van der Waals surface area contributed by atoms with Gasteiger partial charge in [0.15, 0.2) is 0 Å². The lowest BCUT2D eigenvalue weighted by molar-refractivity contribution is -0.908. The van der Waals surface area contributed by atoms with E-state index in [9.17, 15) is 14.7 Å². The number of urea groups is 1. The van der Waals surface area contributed by atoms with E-state index in [-0.39, 0.29) is 24.3 Å². The third-order valence-corrected chi connectivity index (χ3v) is 6.02. The van der Waals surface area contributed by atoms with Crippen LogP contribution in [-0.2, 0) is 9.53 Å². The Bertz CT molecular complexity index is 675. The number of ether oxygens (including phenoxy) is 2. The largest absolute Gasteiger partial charge is 0.550 e. The fourth-order valence-electron chi connectivity index (χ4n) is 4.25. The van der Waals surface area contributed by atoms with Crippen LogP contribution in [0.2, 0.25) is 0 Å². The molecule has 1 aromatic rings. The standard InChI is InChI=1S/C21H31N3O5/c1-28-19-4-2-18(3-5-19)22-21(27)24-9-7-16(14-20(25)26)17(15-24)6-8-23-10-12-29-13-11-23/h2-5,16-17H,6-15H2,1H3,(H,22,27)(H,25,26)/t16-,17-/m0/s1. The summed E-state index contributed by atoms with van der Waals surface area (Å²) in [5, 5.41) is 14.1. The molecule has 8 heteroatoms. The second-order valence-corrected chi connectivity index (χ2v) is 7.89. The molecule has 0 spiro atoms. The summed E-state index contributed by atoms with van der Waals surface area (Å²) in [6.07, 6.45) is 1.66. The van der Waals surface area contributed by atoms with Gasteiger partial charge in [0.1, 0.15) is 18.8 Å². The Kier molecular flexibility index (Phi) is 7.71.